The van der Waals surface area contributed by atoms with Gasteiger partial charge in [0.05, 0.1) is 6.61 Å². The molecule has 0 radical (unpaired) electrons. The third-order valence-electron chi connectivity index (χ3n) is 3.88. The molecule has 0 aromatic heterocycles. The van der Waals surface area contributed by atoms with Crippen molar-refractivity contribution in [3.05, 3.63) is 42.5 Å². The summed E-state index contributed by atoms with van der Waals surface area (Å²) in [4.78, 5) is 10.8. The minimum atomic E-state index is -8.00. The molecule has 0 unspecified atom stereocenters. The van der Waals surface area contributed by atoms with Gasteiger partial charge in [0, 0.05) is 12.5 Å². The molecule has 0 atom stereocenters. The molecule has 0 N–H and O–H groups in total. The van der Waals surface area contributed by atoms with Crippen LogP contribution in [0.1, 0.15) is 5.56 Å². The van der Waals surface area contributed by atoms with Crippen molar-refractivity contribution < 1.29 is 71.3 Å². The van der Waals surface area contributed by atoms with E-state index < -0.39 is 47.7 Å². The fourth-order valence-electron chi connectivity index (χ4n) is 2.02. The van der Waals surface area contributed by atoms with Gasteiger partial charge in [-0.15, -0.1) is 0 Å². The number of rotatable bonds is 10. The number of carbonyl (C=O) groups excluding carboxylic acids is 1. The minimum Gasteiger partial charge on any atom is -0.462 e. The minimum absolute atomic E-state index is 0.0801. The Kier molecular flexibility index (Phi) is 7.67. The summed E-state index contributed by atoms with van der Waals surface area (Å²) in [5.74, 6) is -33.5. The van der Waals surface area contributed by atoms with Gasteiger partial charge in [-0.05, 0) is 17.7 Å². The Labute approximate surface area is 175 Å². The van der Waals surface area contributed by atoms with E-state index in [1.165, 1.54) is 0 Å². The van der Waals surface area contributed by atoms with Crippen molar-refractivity contribution in [3.8, 4) is 5.75 Å². The first-order valence-electron chi connectivity index (χ1n) is 8.18. The van der Waals surface area contributed by atoms with Crippen LogP contribution in [0.4, 0.5) is 57.1 Å². The largest absolute Gasteiger partial charge is 0.471 e. The molecule has 3 nitrogen and oxygen atoms in total. The Balaban J connectivity index is 3.13. The molecule has 16 heteroatoms. The zero-order valence-corrected chi connectivity index (χ0v) is 15.6. The van der Waals surface area contributed by atoms with Crippen LogP contribution in [0, 0.1) is 0 Å². The molecular formula is C17H11F13O3. The lowest BCUT2D eigenvalue weighted by atomic mass is 9.97. The first kappa shape index (κ1) is 28.4. The van der Waals surface area contributed by atoms with Gasteiger partial charge in [0.2, 0.25) is 0 Å². The molecule has 0 bridgehead atoms. The zero-order valence-electron chi connectivity index (χ0n) is 15.6. The predicted octanol–water partition coefficient (Wildman–Crippen LogP) is 6.03. The monoisotopic (exact) mass is 510 g/mol. The summed E-state index contributed by atoms with van der Waals surface area (Å²) in [6.45, 7) is 2.82. The second kappa shape index (κ2) is 8.93. The highest BCUT2D eigenvalue weighted by molar-refractivity contribution is 5.81. The molecule has 1 aromatic carbocycles. The predicted molar refractivity (Wildman–Crippen MR) is 82.7 cm³/mol. The molecule has 0 saturated carbocycles. The van der Waals surface area contributed by atoms with Crippen LogP contribution in [-0.4, -0.2) is 48.6 Å². The molecule has 1 rings (SSSR count). The van der Waals surface area contributed by atoms with Crippen LogP contribution in [0.25, 0.3) is 0 Å². The molecule has 0 spiro atoms. The van der Waals surface area contributed by atoms with Crippen molar-refractivity contribution in [1.82, 2.24) is 0 Å². The van der Waals surface area contributed by atoms with Gasteiger partial charge < -0.3 is 9.47 Å². The molecule has 0 aliphatic carbocycles. The highest BCUT2D eigenvalue weighted by Crippen LogP contribution is 2.60. The van der Waals surface area contributed by atoms with Gasteiger partial charge in [-0.3, -0.25) is 0 Å². The van der Waals surface area contributed by atoms with Crippen LogP contribution in [0.15, 0.2) is 36.9 Å². The van der Waals surface area contributed by atoms with E-state index in [-0.39, 0.29) is 18.6 Å². The van der Waals surface area contributed by atoms with E-state index in [4.69, 9.17) is 0 Å². The summed E-state index contributed by atoms with van der Waals surface area (Å²) in [7, 11) is 0. The Morgan fingerprint density at radius 2 is 1.21 bits per heavy atom. The van der Waals surface area contributed by atoms with Crippen LogP contribution in [0.3, 0.4) is 0 Å². The number of hydrogen-bond acceptors (Lipinski definition) is 3. The first-order valence-corrected chi connectivity index (χ1v) is 8.18. The van der Waals surface area contributed by atoms with Crippen LogP contribution >= 0.6 is 0 Å². The lowest BCUT2D eigenvalue weighted by Gasteiger charge is -2.39. The van der Waals surface area contributed by atoms with Crippen molar-refractivity contribution in [3.63, 3.8) is 0 Å². The first-order chi connectivity index (χ1) is 14.7. The highest BCUT2D eigenvalue weighted by atomic mass is 19.4. The summed E-state index contributed by atoms with van der Waals surface area (Å²) in [5.41, 5.74) is 0.177. The Hall–Kier alpha value is -2.68. The van der Waals surface area contributed by atoms with Gasteiger partial charge in [-0.25, -0.2) is 4.79 Å². The third-order valence-corrected chi connectivity index (χ3v) is 3.88. The number of ether oxygens (including phenoxy) is 2. The van der Waals surface area contributed by atoms with E-state index >= 15 is 0 Å². The summed E-state index contributed by atoms with van der Waals surface area (Å²) < 4.78 is 177. The second-order valence-electron chi connectivity index (χ2n) is 6.18. The van der Waals surface area contributed by atoms with Crippen molar-refractivity contribution >= 4 is 5.97 Å². The number of carbonyl (C=O) groups is 1. The fourth-order valence-corrected chi connectivity index (χ4v) is 2.02. The summed E-state index contributed by atoms with van der Waals surface area (Å²) in [6, 6.07) is 2.59. The molecule has 0 fully saturated rings. The highest BCUT2D eigenvalue weighted by Gasteiger charge is 2.91. The average molecular weight is 510 g/mol. The van der Waals surface area contributed by atoms with E-state index in [0.717, 1.165) is 18.2 Å². The van der Waals surface area contributed by atoms with Crippen LogP contribution in [0.2, 0.25) is 0 Å². The van der Waals surface area contributed by atoms with Crippen LogP contribution < -0.4 is 4.74 Å². The summed E-state index contributed by atoms with van der Waals surface area (Å²) in [6.07, 6.45) is -13.4. The maximum Gasteiger partial charge on any atom is 0.471 e. The topological polar surface area (TPSA) is 35.5 Å². The van der Waals surface area contributed by atoms with Crippen molar-refractivity contribution in [2.24, 2.45) is 0 Å². The van der Waals surface area contributed by atoms with Crippen LogP contribution in [0.5, 0.6) is 5.75 Å². The molecule has 1 aromatic rings. The molecular weight excluding hydrogens is 499 g/mol. The number of hydrogen-bond donors (Lipinski definition) is 0. The maximum atomic E-state index is 13.7. The van der Waals surface area contributed by atoms with Crippen LogP contribution in [-0.2, 0) is 16.0 Å². The van der Waals surface area contributed by atoms with Crippen molar-refractivity contribution in [2.45, 2.75) is 42.4 Å². The second-order valence-corrected chi connectivity index (χ2v) is 6.18. The molecule has 0 amide bonds. The van der Waals surface area contributed by atoms with Gasteiger partial charge >= 0.3 is 41.9 Å². The maximum absolute atomic E-state index is 13.7. The molecule has 0 aliphatic heterocycles. The summed E-state index contributed by atoms with van der Waals surface area (Å²) >= 11 is 0. The van der Waals surface area contributed by atoms with Crippen molar-refractivity contribution in [1.29, 1.82) is 0 Å². The quantitative estimate of drug-likeness (QED) is 0.219. The number of benzene rings is 1. The summed E-state index contributed by atoms with van der Waals surface area (Å²) in [5, 5.41) is 0. The SMILES string of the molecule is C=CC(=O)OCCc1ccc(OC(F)(F)C(F)(F)C(F)(F)C(F)(F)C(F)(F)C(F)(F)F)cc1. The zero-order chi connectivity index (χ0) is 26.1. The normalized spacial score (nSPS) is 14.1. The molecule has 33 heavy (non-hydrogen) atoms. The Morgan fingerprint density at radius 1 is 0.758 bits per heavy atom. The van der Waals surface area contributed by atoms with E-state index in [1.807, 2.05) is 0 Å². The Morgan fingerprint density at radius 3 is 1.64 bits per heavy atom. The number of alkyl halides is 13. The Bertz CT molecular complexity index is 845. The average Bonchev–Trinajstić information content (AvgIpc) is 2.67. The molecule has 0 saturated heterocycles. The lowest BCUT2D eigenvalue weighted by Crippen LogP contribution is -2.70. The van der Waals surface area contributed by atoms with Gasteiger partial charge in [0.25, 0.3) is 0 Å². The van der Waals surface area contributed by atoms with E-state index in [1.54, 1.807) is 0 Å². The van der Waals surface area contributed by atoms with E-state index in [2.05, 4.69) is 16.1 Å². The van der Waals surface area contributed by atoms with Gasteiger partial charge in [-0.1, -0.05) is 18.7 Å². The smallest absolute Gasteiger partial charge is 0.462 e. The van der Waals surface area contributed by atoms with Gasteiger partial charge in [0.1, 0.15) is 5.75 Å². The molecule has 0 heterocycles. The fraction of sp³-hybridized carbons (Fsp3) is 0.471. The van der Waals surface area contributed by atoms with Crippen molar-refractivity contribution in [2.75, 3.05) is 6.61 Å². The van der Waals surface area contributed by atoms with E-state index in [0.29, 0.717) is 12.1 Å². The van der Waals surface area contributed by atoms with Gasteiger partial charge in [0.15, 0.2) is 0 Å². The standard InChI is InChI=1S/C17H11F13O3/c1-2-11(31)32-8-7-9-3-5-10(6-4-9)33-17(29,30)15(24,25)13(20,21)12(18,19)14(22,23)16(26,27)28/h2-6H,1,7-8H2. The van der Waals surface area contributed by atoms with E-state index in [9.17, 15) is 61.9 Å². The number of esters is 1. The molecule has 188 valence electrons. The molecule has 0 aliphatic rings. The number of halogens is 13. The lowest BCUT2D eigenvalue weighted by molar-refractivity contribution is -0.456. The third kappa shape index (κ3) is 5.13. The van der Waals surface area contributed by atoms with Gasteiger partial charge in [-0.2, -0.15) is 57.1 Å².